The van der Waals surface area contributed by atoms with Crippen molar-refractivity contribution in [1.82, 2.24) is 14.4 Å². The molecule has 0 bridgehead atoms. The van der Waals surface area contributed by atoms with E-state index in [0.29, 0.717) is 36.6 Å². The maximum absolute atomic E-state index is 14.3. The van der Waals surface area contributed by atoms with Crippen molar-refractivity contribution < 1.29 is 41.5 Å². The maximum Gasteiger partial charge on any atom is 0.323 e. The van der Waals surface area contributed by atoms with Gasteiger partial charge in [0, 0.05) is 44.0 Å². The smallest absolute Gasteiger partial charge is 0.323 e. The molecule has 0 spiro atoms. The predicted octanol–water partition coefficient (Wildman–Crippen LogP) is 5.19. The minimum atomic E-state index is -3.97. The van der Waals surface area contributed by atoms with Crippen molar-refractivity contribution in [2.45, 2.75) is 77.0 Å². The molecule has 1 aromatic heterocycles. The second-order valence-electron chi connectivity index (χ2n) is 12.5. The quantitative estimate of drug-likeness (QED) is 0.287. The molecule has 0 unspecified atom stereocenters. The number of urea groups is 1. The topological polar surface area (TPSA) is 164 Å². The molecule has 4 atom stereocenters. The highest BCUT2D eigenvalue weighted by Gasteiger charge is 2.34. The first-order valence-corrected chi connectivity index (χ1v) is 17.7. The maximum atomic E-state index is 14.3. The number of ether oxygens (including phenoxy) is 2. The average Bonchev–Trinajstić information content (AvgIpc) is 3.41. The summed E-state index contributed by atoms with van der Waals surface area (Å²) in [5, 5.41) is 19.3. The van der Waals surface area contributed by atoms with Gasteiger partial charge in [-0.1, -0.05) is 12.1 Å². The lowest BCUT2D eigenvalue weighted by atomic mass is 10.0. The summed E-state index contributed by atoms with van der Waals surface area (Å²) in [6.07, 6.45) is 1.25. The van der Waals surface area contributed by atoms with Gasteiger partial charge >= 0.3 is 6.03 Å². The van der Waals surface area contributed by atoms with Gasteiger partial charge in [-0.05, 0) is 89.4 Å². The lowest BCUT2D eigenvalue weighted by molar-refractivity contribution is -0.00835. The van der Waals surface area contributed by atoms with Crippen LogP contribution in [-0.2, 0) is 14.8 Å². The number of aliphatic hydroxyl groups is 1. The summed E-state index contributed by atoms with van der Waals surface area (Å²) in [5.74, 6) is -0.762. The second kappa shape index (κ2) is 16.6. The number of halogens is 1. The van der Waals surface area contributed by atoms with Crippen molar-refractivity contribution in [1.29, 1.82) is 0 Å². The number of carbonyl (C=O) groups excluding carboxylic acids is 2. The summed E-state index contributed by atoms with van der Waals surface area (Å²) in [5.41, 5.74) is 1.12. The van der Waals surface area contributed by atoms with Gasteiger partial charge in [0.25, 0.3) is 5.91 Å². The first-order chi connectivity index (χ1) is 23.2. The standard InChI is InChI=1S/C34H46FN5O8S/c1-21-18-40(22(2)20-41)33(42)29-17-28(37-34(43)36-27-12-10-26(35)11-13-27)14-15-30(29)47-23(3)9-7-8-16-46-31(21)19-39(6)49(44,45)32-24(4)38-48-25(32)5/h10-15,17,21-23,31,41H,7-9,16,18-20H2,1-6H3,(H2,36,37,43)/t21-,22+,23-,31-/m0/s1. The van der Waals surface area contributed by atoms with E-state index in [1.165, 1.54) is 46.6 Å². The number of likely N-dealkylation sites (N-methyl/N-ethyl adjacent to an activating group) is 1. The normalized spacial score (nSPS) is 20.2. The number of amides is 3. The second-order valence-corrected chi connectivity index (χ2v) is 14.5. The van der Waals surface area contributed by atoms with Gasteiger partial charge in [-0.3, -0.25) is 4.79 Å². The summed E-state index contributed by atoms with van der Waals surface area (Å²) >= 11 is 0. The third-order valence-electron chi connectivity index (χ3n) is 8.48. The molecule has 13 nitrogen and oxygen atoms in total. The summed E-state index contributed by atoms with van der Waals surface area (Å²) in [6, 6.07) is 8.82. The molecule has 0 saturated heterocycles. The van der Waals surface area contributed by atoms with Gasteiger partial charge in [-0.15, -0.1) is 0 Å². The molecule has 1 aliphatic heterocycles. The SMILES string of the molecule is Cc1noc(C)c1S(=O)(=O)N(C)C[C@@H]1OCCCC[C@H](C)Oc2ccc(NC(=O)Nc3ccc(F)cc3)cc2C(=O)N([C@H](C)CO)C[C@@H]1C. The number of hydrogen-bond acceptors (Lipinski definition) is 9. The molecule has 2 heterocycles. The van der Waals surface area contributed by atoms with E-state index in [2.05, 4.69) is 15.8 Å². The van der Waals surface area contributed by atoms with Gasteiger partial charge in [0.1, 0.15) is 22.2 Å². The van der Waals surface area contributed by atoms with E-state index in [4.69, 9.17) is 14.0 Å². The number of aryl methyl sites for hydroxylation is 2. The largest absolute Gasteiger partial charge is 0.490 e. The molecule has 49 heavy (non-hydrogen) atoms. The Kier molecular flexibility index (Phi) is 12.8. The van der Waals surface area contributed by atoms with Gasteiger partial charge < -0.3 is 34.6 Å². The number of hydrogen-bond donors (Lipinski definition) is 3. The van der Waals surface area contributed by atoms with E-state index in [0.717, 1.165) is 6.42 Å². The van der Waals surface area contributed by atoms with Crippen LogP contribution in [0.3, 0.4) is 0 Å². The average molecular weight is 704 g/mol. The molecule has 15 heteroatoms. The molecule has 0 aliphatic carbocycles. The van der Waals surface area contributed by atoms with Crippen LogP contribution in [0.5, 0.6) is 5.75 Å². The third-order valence-corrected chi connectivity index (χ3v) is 10.6. The van der Waals surface area contributed by atoms with E-state index in [1.54, 1.807) is 32.9 Å². The molecular formula is C34H46FN5O8S. The molecule has 0 radical (unpaired) electrons. The highest BCUT2D eigenvalue weighted by atomic mass is 32.2. The molecule has 0 fully saturated rings. The van der Waals surface area contributed by atoms with Crippen LogP contribution in [0.25, 0.3) is 0 Å². The third kappa shape index (κ3) is 9.56. The molecule has 4 rings (SSSR count). The molecule has 3 aromatic rings. The Morgan fingerprint density at radius 1 is 1.12 bits per heavy atom. The summed E-state index contributed by atoms with van der Waals surface area (Å²) in [4.78, 5) is 28.6. The van der Waals surface area contributed by atoms with E-state index >= 15 is 0 Å². The van der Waals surface area contributed by atoms with Crippen LogP contribution in [0.4, 0.5) is 20.6 Å². The minimum absolute atomic E-state index is 0.00354. The van der Waals surface area contributed by atoms with Crippen LogP contribution in [0.15, 0.2) is 51.9 Å². The monoisotopic (exact) mass is 703 g/mol. The Morgan fingerprint density at radius 3 is 2.45 bits per heavy atom. The van der Waals surface area contributed by atoms with E-state index in [9.17, 15) is 27.5 Å². The van der Waals surface area contributed by atoms with Gasteiger partial charge in [-0.25, -0.2) is 17.6 Å². The number of aromatic nitrogens is 1. The summed E-state index contributed by atoms with van der Waals surface area (Å²) < 4.78 is 59.3. The zero-order valence-corrected chi connectivity index (χ0v) is 29.5. The summed E-state index contributed by atoms with van der Waals surface area (Å²) in [6.45, 7) is 8.73. The molecule has 2 aromatic carbocycles. The van der Waals surface area contributed by atoms with E-state index in [1.807, 2.05) is 13.8 Å². The Labute approximate surface area is 286 Å². The van der Waals surface area contributed by atoms with Crippen LogP contribution >= 0.6 is 0 Å². The van der Waals surface area contributed by atoms with Crippen LogP contribution in [0.1, 0.15) is 61.8 Å². The van der Waals surface area contributed by atoms with Crippen molar-refractivity contribution >= 4 is 33.3 Å². The number of anilines is 2. The molecular weight excluding hydrogens is 657 g/mol. The van der Waals surface area contributed by atoms with Gasteiger partial charge in [0.05, 0.1) is 30.4 Å². The number of rotatable bonds is 8. The highest BCUT2D eigenvalue weighted by molar-refractivity contribution is 7.89. The number of nitrogens with zero attached hydrogens (tertiary/aromatic N) is 3. The van der Waals surface area contributed by atoms with Crippen molar-refractivity contribution in [3.63, 3.8) is 0 Å². The first kappa shape index (κ1) is 37.8. The number of nitrogens with one attached hydrogen (secondary N) is 2. The fourth-order valence-corrected chi connectivity index (χ4v) is 7.11. The van der Waals surface area contributed by atoms with Crippen molar-refractivity contribution in [2.75, 3.05) is 44.0 Å². The Morgan fingerprint density at radius 2 is 1.80 bits per heavy atom. The highest BCUT2D eigenvalue weighted by Crippen LogP contribution is 2.29. The lowest BCUT2D eigenvalue weighted by Crippen LogP contribution is -2.48. The number of sulfonamides is 1. The van der Waals surface area contributed by atoms with Gasteiger partial charge in [0.15, 0.2) is 5.76 Å². The molecule has 0 saturated carbocycles. The van der Waals surface area contributed by atoms with Crippen LogP contribution in [0.2, 0.25) is 0 Å². The van der Waals surface area contributed by atoms with Gasteiger partial charge in [0.2, 0.25) is 10.0 Å². The van der Waals surface area contributed by atoms with Crippen LogP contribution < -0.4 is 15.4 Å². The predicted molar refractivity (Wildman–Crippen MR) is 182 cm³/mol. The zero-order valence-electron chi connectivity index (χ0n) is 28.7. The van der Waals surface area contributed by atoms with Crippen LogP contribution in [0, 0.1) is 25.6 Å². The van der Waals surface area contributed by atoms with E-state index < -0.39 is 39.9 Å². The number of aliphatic hydroxyl groups excluding tert-OH is 1. The molecule has 268 valence electrons. The summed E-state index contributed by atoms with van der Waals surface area (Å²) in [7, 11) is -2.50. The Bertz CT molecular complexity index is 1680. The Hall–Kier alpha value is -4.05. The first-order valence-electron chi connectivity index (χ1n) is 16.3. The number of fused-ring (bicyclic) bond motifs is 1. The van der Waals surface area contributed by atoms with Crippen molar-refractivity contribution in [3.05, 3.63) is 65.3 Å². The zero-order chi connectivity index (χ0) is 35.9. The fraction of sp³-hybridized carbons (Fsp3) is 0.500. The van der Waals surface area contributed by atoms with Gasteiger partial charge in [-0.2, -0.15) is 4.31 Å². The number of carbonyl (C=O) groups is 2. The lowest BCUT2D eigenvalue weighted by Gasteiger charge is -2.35. The number of benzene rings is 2. The Balaban J connectivity index is 1.63. The molecule has 1 aliphatic rings. The fourth-order valence-electron chi connectivity index (χ4n) is 5.64. The molecule has 3 N–H and O–H groups in total. The van der Waals surface area contributed by atoms with Crippen molar-refractivity contribution in [2.24, 2.45) is 5.92 Å². The van der Waals surface area contributed by atoms with Crippen molar-refractivity contribution in [3.8, 4) is 5.75 Å². The van der Waals surface area contributed by atoms with E-state index in [-0.39, 0.29) is 53.6 Å². The minimum Gasteiger partial charge on any atom is -0.490 e. The molecule has 3 amide bonds. The van der Waals surface area contributed by atoms with Crippen LogP contribution in [-0.4, -0.2) is 91.4 Å².